The summed E-state index contributed by atoms with van der Waals surface area (Å²) in [5.74, 6) is -0.195. The van der Waals surface area contributed by atoms with E-state index in [-0.39, 0.29) is 23.7 Å². The van der Waals surface area contributed by atoms with Crippen LogP contribution in [0.4, 0.5) is 0 Å². The summed E-state index contributed by atoms with van der Waals surface area (Å²) in [4.78, 5) is 26.7. The predicted molar refractivity (Wildman–Crippen MR) is 108 cm³/mol. The van der Waals surface area contributed by atoms with E-state index in [9.17, 15) is 9.59 Å². The summed E-state index contributed by atoms with van der Waals surface area (Å²) in [6.07, 6.45) is 1.44. The van der Waals surface area contributed by atoms with Crippen molar-refractivity contribution in [1.29, 1.82) is 0 Å². The van der Waals surface area contributed by atoms with Gasteiger partial charge in [-0.25, -0.2) is 0 Å². The van der Waals surface area contributed by atoms with E-state index in [2.05, 4.69) is 9.47 Å². The Morgan fingerprint density at radius 1 is 1.15 bits per heavy atom. The van der Waals surface area contributed by atoms with Gasteiger partial charge in [0.25, 0.3) is 0 Å². The lowest BCUT2D eigenvalue weighted by Gasteiger charge is -2.34. The second-order valence-electron chi connectivity index (χ2n) is 7.35. The molecule has 1 aromatic heterocycles. The Labute approximate surface area is 165 Å². The fraction of sp³-hybridized carbons (Fsp3) is 0.429. The van der Waals surface area contributed by atoms with Gasteiger partial charge in [0, 0.05) is 33.6 Å². The first kappa shape index (κ1) is 19.6. The summed E-state index contributed by atoms with van der Waals surface area (Å²) in [6.45, 7) is 7.36. The Balaban J connectivity index is 1.80. The molecule has 2 aromatic rings. The van der Waals surface area contributed by atoms with Crippen molar-refractivity contribution < 1.29 is 9.59 Å². The Kier molecular flexibility index (Phi) is 5.72. The summed E-state index contributed by atoms with van der Waals surface area (Å²) in [6, 6.07) is 9.34. The number of carbonyl (C=O) groups excluding carboxylic acids is 2. The lowest BCUT2D eigenvalue weighted by molar-refractivity contribution is -0.123. The van der Waals surface area contributed by atoms with E-state index in [0.717, 1.165) is 48.6 Å². The lowest BCUT2D eigenvalue weighted by Crippen LogP contribution is -2.46. The predicted octanol–water partition coefficient (Wildman–Crippen LogP) is 3.52. The standard InChI is InChI=1S/C21H26ClN3O2/c1-13-12-19(14(2)25(13)18-6-4-17(22)5-7-18)20(26)15(3)24-10-8-16(9-11-24)21(23)27/h4-7,12,15-16H,8-11H2,1-3H3,(H2,23,27). The highest BCUT2D eigenvalue weighted by Crippen LogP contribution is 2.25. The normalized spacial score (nSPS) is 17.0. The average Bonchev–Trinajstić information content (AvgIpc) is 2.95. The number of nitrogens with two attached hydrogens (primary N) is 1. The van der Waals surface area contributed by atoms with E-state index < -0.39 is 0 Å². The van der Waals surface area contributed by atoms with Gasteiger partial charge in [-0.05, 0) is 77.0 Å². The first-order valence-electron chi connectivity index (χ1n) is 9.32. The minimum atomic E-state index is -0.236. The van der Waals surface area contributed by atoms with E-state index in [4.69, 9.17) is 17.3 Å². The van der Waals surface area contributed by atoms with Crippen molar-refractivity contribution in [3.05, 3.63) is 52.3 Å². The van der Waals surface area contributed by atoms with Gasteiger partial charge in [0.2, 0.25) is 5.91 Å². The van der Waals surface area contributed by atoms with Gasteiger partial charge in [-0.3, -0.25) is 14.5 Å². The van der Waals surface area contributed by atoms with Crippen LogP contribution in [0.2, 0.25) is 5.02 Å². The highest BCUT2D eigenvalue weighted by atomic mass is 35.5. The molecule has 0 bridgehead atoms. The summed E-state index contributed by atoms with van der Waals surface area (Å²) < 4.78 is 2.08. The number of Topliss-reactive ketones (excluding diaryl/α,β-unsaturated/α-hetero) is 1. The third-order valence-electron chi connectivity index (χ3n) is 5.64. The number of halogens is 1. The fourth-order valence-electron chi connectivity index (χ4n) is 3.96. The number of aryl methyl sites for hydroxylation is 1. The zero-order chi connectivity index (χ0) is 19.7. The summed E-state index contributed by atoms with van der Waals surface area (Å²) >= 11 is 5.99. The van der Waals surface area contributed by atoms with Gasteiger partial charge < -0.3 is 10.3 Å². The minimum absolute atomic E-state index is 0.0708. The molecule has 0 radical (unpaired) electrons. The van der Waals surface area contributed by atoms with Crippen LogP contribution in [-0.2, 0) is 4.79 Å². The maximum absolute atomic E-state index is 13.2. The van der Waals surface area contributed by atoms with Gasteiger partial charge in [0.1, 0.15) is 0 Å². The number of carbonyl (C=O) groups is 2. The molecule has 144 valence electrons. The highest BCUT2D eigenvalue weighted by molar-refractivity contribution is 6.30. The molecule has 1 fully saturated rings. The van der Waals surface area contributed by atoms with Crippen molar-refractivity contribution in [1.82, 2.24) is 9.47 Å². The fourth-order valence-corrected chi connectivity index (χ4v) is 4.09. The molecule has 6 heteroatoms. The molecular formula is C21H26ClN3O2. The molecule has 0 aliphatic carbocycles. The average molecular weight is 388 g/mol. The quantitative estimate of drug-likeness (QED) is 0.798. The second-order valence-corrected chi connectivity index (χ2v) is 7.79. The van der Waals surface area contributed by atoms with Crippen molar-refractivity contribution in [2.45, 2.75) is 39.7 Å². The zero-order valence-electron chi connectivity index (χ0n) is 16.0. The SMILES string of the molecule is Cc1cc(C(=O)C(C)N2CCC(C(N)=O)CC2)c(C)n1-c1ccc(Cl)cc1. The maximum Gasteiger partial charge on any atom is 0.220 e. The van der Waals surface area contributed by atoms with E-state index in [1.54, 1.807) is 0 Å². The van der Waals surface area contributed by atoms with Crippen LogP contribution in [0, 0.1) is 19.8 Å². The molecule has 1 amide bonds. The largest absolute Gasteiger partial charge is 0.369 e. The number of rotatable bonds is 5. The van der Waals surface area contributed by atoms with Crippen LogP contribution >= 0.6 is 11.6 Å². The molecular weight excluding hydrogens is 362 g/mol. The van der Waals surface area contributed by atoms with Gasteiger partial charge in [0.05, 0.1) is 6.04 Å². The van der Waals surface area contributed by atoms with Crippen molar-refractivity contribution in [3.63, 3.8) is 0 Å². The Morgan fingerprint density at radius 3 is 2.30 bits per heavy atom. The molecule has 2 heterocycles. The van der Waals surface area contributed by atoms with E-state index in [1.165, 1.54) is 0 Å². The van der Waals surface area contributed by atoms with Gasteiger partial charge in [-0.15, -0.1) is 0 Å². The number of piperidine rings is 1. The van der Waals surface area contributed by atoms with E-state index in [1.807, 2.05) is 51.1 Å². The molecule has 3 rings (SSSR count). The van der Waals surface area contributed by atoms with Crippen LogP contribution in [0.1, 0.15) is 41.5 Å². The van der Waals surface area contributed by atoms with Crippen molar-refractivity contribution in [3.8, 4) is 5.69 Å². The van der Waals surface area contributed by atoms with Gasteiger partial charge >= 0.3 is 0 Å². The molecule has 1 atom stereocenters. The van der Waals surface area contributed by atoms with Crippen LogP contribution in [0.5, 0.6) is 0 Å². The monoisotopic (exact) mass is 387 g/mol. The number of nitrogens with zero attached hydrogens (tertiary/aromatic N) is 2. The van der Waals surface area contributed by atoms with Crippen molar-refractivity contribution in [2.24, 2.45) is 11.7 Å². The topological polar surface area (TPSA) is 68.3 Å². The van der Waals surface area contributed by atoms with Crippen LogP contribution in [-0.4, -0.2) is 40.3 Å². The summed E-state index contributed by atoms with van der Waals surface area (Å²) in [5, 5.41) is 0.686. The van der Waals surface area contributed by atoms with Gasteiger partial charge in [-0.1, -0.05) is 11.6 Å². The van der Waals surface area contributed by atoms with E-state index in [0.29, 0.717) is 5.02 Å². The molecule has 1 aliphatic rings. The Hall–Kier alpha value is -2.11. The third kappa shape index (κ3) is 3.94. The van der Waals surface area contributed by atoms with Crippen LogP contribution in [0.15, 0.2) is 30.3 Å². The smallest absolute Gasteiger partial charge is 0.220 e. The van der Waals surface area contributed by atoms with E-state index >= 15 is 0 Å². The van der Waals surface area contributed by atoms with Crippen molar-refractivity contribution >= 4 is 23.3 Å². The number of amides is 1. The van der Waals surface area contributed by atoms with Gasteiger partial charge in [0.15, 0.2) is 5.78 Å². The molecule has 1 unspecified atom stereocenters. The third-order valence-corrected chi connectivity index (χ3v) is 5.89. The number of primary amides is 1. The molecule has 1 aliphatic heterocycles. The maximum atomic E-state index is 13.2. The Bertz CT molecular complexity index is 849. The summed E-state index contributed by atoms with van der Waals surface area (Å²) in [7, 11) is 0. The highest BCUT2D eigenvalue weighted by Gasteiger charge is 2.30. The molecule has 1 saturated heterocycles. The molecule has 2 N–H and O–H groups in total. The summed E-state index contributed by atoms with van der Waals surface area (Å²) in [5.41, 5.74) is 9.08. The lowest BCUT2D eigenvalue weighted by atomic mass is 9.94. The first-order chi connectivity index (χ1) is 12.8. The molecule has 0 spiro atoms. The number of benzene rings is 1. The number of ketones is 1. The number of likely N-dealkylation sites (tertiary alicyclic amines) is 1. The molecule has 1 aromatic carbocycles. The first-order valence-corrected chi connectivity index (χ1v) is 9.70. The molecule has 0 saturated carbocycles. The second kappa shape index (κ2) is 7.87. The molecule has 27 heavy (non-hydrogen) atoms. The Morgan fingerprint density at radius 2 is 1.74 bits per heavy atom. The number of hydrogen-bond acceptors (Lipinski definition) is 3. The van der Waals surface area contributed by atoms with Crippen molar-refractivity contribution in [2.75, 3.05) is 13.1 Å². The van der Waals surface area contributed by atoms with Gasteiger partial charge in [-0.2, -0.15) is 0 Å². The molecule has 5 nitrogen and oxygen atoms in total. The van der Waals surface area contributed by atoms with Crippen LogP contribution in [0.25, 0.3) is 5.69 Å². The van der Waals surface area contributed by atoms with Crippen LogP contribution in [0.3, 0.4) is 0 Å². The van der Waals surface area contributed by atoms with Crippen LogP contribution < -0.4 is 5.73 Å². The number of aromatic nitrogens is 1. The minimum Gasteiger partial charge on any atom is -0.369 e. The number of hydrogen-bond donors (Lipinski definition) is 1. The zero-order valence-corrected chi connectivity index (χ0v) is 16.8.